The van der Waals surface area contributed by atoms with Crippen LogP contribution in [0.4, 0.5) is 13.2 Å². The Bertz CT molecular complexity index is 909. The number of hydrogen-bond acceptors (Lipinski definition) is 3. The molecule has 0 N–H and O–H groups in total. The SMILES string of the molecule is CC(C)C1=C(Cc2ccc(C(F)(F)F)cn2)C(=O)c2ccccc2C1=O. The maximum Gasteiger partial charge on any atom is 0.417 e. The average molecular weight is 359 g/mol. The first-order valence-electron chi connectivity index (χ1n) is 8.13. The Morgan fingerprint density at radius 3 is 2.08 bits per heavy atom. The van der Waals surface area contributed by atoms with Gasteiger partial charge in [0.15, 0.2) is 11.6 Å². The van der Waals surface area contributed by atoms with Crippen molar-refractivity contribution in [1.82, 2.24) is 4.98 Å². The predicted molar refractivity (Wildman–Crippen MR) is 89.9 cm³/mol. The highest BCUT2D eigenvalue weighted by atomic mass is 19.4. The number of benzene rings is 1. The summed E-state index contributed by atoms with van der Waals surface area (Å²) in [5, 5.41) is 0. The summed E-state index contributed by atoms with van der Waals surface area (Å²) in [6, 6.07) is 8.76. The van der Waals surface area contributed by atoms with Crippen LogP contribution < -0.4 is 0 Å². The molecular weight excluding hydrogens is 343 g/mol. The van der Waals surface area contributed by atoms with Crippen LogP contribution in [0, 0.1) is 5.92 Å². The molecule has 0 amide bonds. The molecule has 0 spiro atoms. The average Bonchev–Trinajstić information content (AvgIpc) is 2.59. The molecule has 1 heterocycles. The van der Waals surface area contributed by atoms with Crippen molar-refractivity contribution >= 4 is 11.6 Å². The van der Waals surface area contributed by atoms with Crippen molar-refractivity contribution in [3.63, 3.8) is 0 Å². The molecule has 0 aliphatic heterocycles. The number of allylic oxidation sites excluding steroid dienone is 2. The number of nitrogens with zero attached hydrogens (tertiary/aromatic N) is 1. The van der Waals surface area contributed by atoms with Gasteiger partial charge in [0.05, 0.1) is 5.56 Å². The molecule has 0 radical (unpaired) electrons. The Kier molecular flexibility index (Phi) is 4.52. The van der Waals surface area contributed by atoms with Crippen LogP contribution in [0.5, 0.6) is 0 Å². The van der Waals surface area contributed by atoms with Gasteiger partial charge in [0.1, 0.15) is 0 Å². The molecule has 0 saturated carbocycles. The second-order valence-electron chi connectivity index (χ2n) is 6.46. The minimum Gasteiger partial charge on any atom is -0.289 e. The van der Waals surface area contributed by atoms with Crippen LogP contribution in [0.2, 0.25) is 0 Å². The number of ketones is 2. The number of fused-ring (bicyclic) bond motifs is 1. The maximum absolute atomic E-state index is 12.9. The highest BCUT2D eigenvalue weighted by Crippen LogP contribution is 2.33. The Balaban J connectivity index is 2.03. The summed E-state index contributed by atoms with van der Waals surface area (Å²) in [6.45, 7) is 3.63. The number of halogens is 3. The Labute approximate surface area is 148 Å². The third-order valence-corrected chi connectivity index (χ3v) is 4.35. The number of Topliss-reactive ketones (excluding diaryl/α,β-unsaturated/α-hetero) is 2. The fraction of sp³-hybridized carbons (Fsp3) is 0.250. The van der Waals surface area contributed by atoms with Crippen LogP contribution in [-0.2, 0) is 12.6 Å². The zero-order chi connectivity index (χ0) is 19.1. The summed E-state index contributed by atoms with van der Waals surface area (Å²) in [4.78, 5) is 29.5. The molecule has 26 heavy (non-hydrogen) atoms. The van der Waals surface area contributed by atoms with Gasteiger partial charge in [-0.15, -0.1) is 0 Å². The molecule has 1 aliphatic rings. The lowest BCUT2D eigenvalue weighted by Crippen LogP contribution is -2.26. The fourth-order valence-corrected chi connectivity index (χ4v) is 3.11. The second-order valence-corrected chi connectivity index (χ2v) is 6.46. The Morgan fingerprint density at radius 1 is 0.962 bits per heavy atom. The summed E-state index contributed by atoms with van der Waals surface area (Å²) >= 11 is 0. The van der Waals surface area contributed by atoms with Crippen molar-refractivity contribution in [2.24, 2.45) is 5.92 Å². The van der Waals surface area contributed by atoms with Gasteiger partial charge in [0.2, 0.25) is 0 Å². The molecule has 0 saturated heterocycles. The first kappa shape index (κ1) is 18.0. The molecule has 3 rings (SSSR count). The maximum atomic E-state index is 12.9. The summed E-state index contributed by atoms with van der Waals surface area (Å²) in [5.41, 5.74) is 0.850. The third-order valence-electron chi connectivity index (χ3n) is 4.35. The first-order chi connectivity index (χ1) is 12.2. The van der Waals surface area contributed by atoms with E-state index in [1.165, 1.54) is 6.07 Å². The largest absolute Gasteiger partial charge is 0.417 e. The lowest BCUT2D eigenvalue weighted by atomic mass is 9.78. The molecule has 0 atom stereocenters. The lowest BCUT2D eigenvalue weighted by molar-refractivity contribution is -0.137. The van der Waals surface area contributed by atoms with Crippen molar-refractivity contribution in [3.8, 4) is 0 Å². The molecular formula is C20H16F3NO2. The highest BCUT2D eigenvalue weighted by molar-refractivity contribution is 6.27. The number of alkyl halides is 3. The molecule has 2 aromatic rings. The Hall–Kier alpha value is -2.76. The van der Waals surface area contributed by atoms with Gasteiger partial charge >= 0.3 is 6.18 Å². The lowest BCUT2D eigenvalue weighted by Gasteiger charge is -2.23. The van der Waals surface area contributed by atoms with E-state index in [0.717, 1.165) is 12.3 Å². The van der Waals surface area contributed by atoms with Crippen LogP contribution in [-0.4, -0.2) is 16.6 Å². The van der Waals surface area contributed by atoms with Crippen LogP contribution in [0.25, 0.3) is 0 Å². The molecule has 1 aliphatic carbocycles. The molecule has 134 valence electrons. The van der Waals surface area contributed by atoms with E-state index in [9.17, 15) is 22.8 Å². The highest BCUT2D eigenvalue weighted by Gasteiger charge is 2.34. The third kappa shape index (κ3) is 3.19. The van der Waals surface area contributed by atoms with Gasteiger partial charge in [-0.1, -0.05) is 38.1 Å². The number of pyridine rings is 1. The molecule has 0 bridgehead atoms. The molecule has 3 nitrogen and oxygen atoms in total. The minimum atomic E-state index is -4.47. The zero-order valence-electron chi connectivity index (χ0n) is 14.2. The van der Waals surface area contributed by atoms with E-state index < -0.39 is 11.7 Å². The van der Waals surface area contributed by atoms with Crippen molar-refractivity contribution in [2.75, 3.05) is 0 Å². The van der Waals surface area contributed by atoms with Gasteiger partial charge in [-0.25, -0.2) is 0 Å². The molecule has 0 unspecified atom stereocenters. The van der Waals surface area contributed by atoms with Gasteiger partial charge in [-0.2, -0.15) is 13.2 Å². The quantitative estimate of drug-likeness (QED) is 0.800. The number of aromatic nitrogens is 1. The summed E-state index contributed by atoms with van der Waals surface area (Å²) in [5.74, 6) is -0.674. The van der Waals surface area contributed by atoms with Crippen LogP contribution >= 0.6 is 0 Å². The van der Waals surface area contributed by atoms with Gasteiger partial charge in [-0.05, 0) is 18.1 Å². The predicted octanol–water partition coefficient (Wildman–Crippen LogP) is 4.67. The number of rotatable bonds is 3. The minimum absolute atomic E-state index is 0.0184. The van der Waals surface area contributed by atoms with Gasteiger partial charge in [0.25, 0.3) is 0 Å². The number of carbonyl (C=O) groups is 2. The molecule has 1 aromatic carbocycles. The summed E-state index contributed by atoms with van der Waals surface area (Å²) in [7, 11) is 0. The van der Waals surface area contributed by atoms with Gasteiger partial charge in [-0.3, -0.25) is 14.6 Å². The van der Waals surface area contributed by atoms with E-state index in [4.69, 9.17) is 0 Å². The van der Waals surface area contributed by atoms with Crippen LogP contribution in [0.1, 0.15) is 45.8 Å². The zero-order valence-corrected chi connectivity index (χ0v) is 14.2. The van der Waals surface area contributed by atoms with Crippen molar-refractivity contribution in [3.05, 3.63) is 76.1 Å². The van der Waals surface area contributed by atoms with Gasteiger partial charge in [0, 0.05) is 40.6 Å². The second kappa shape index (κ2) is 6.52. The van der Waals surface area contributed by atoms with Crippen LogP contribution in [0.3, 0.4) is 0 Å². The van der Waals surface area contributed by atoms with E-state index in [1.807, 2.05) is 13.8 Å². The molecule has 6 heteroatoms. The summed E-state index contributed by atoms with van der Waals surface area (Å²) in [6.07, 6.45) is -3.71. The van der Waals surface area contributed by atoms with E-state index in [-0.39, 0.29) is 23.9 Å². The smallest absolute Gasteiger partial charge is 0.289 e. The van der Waals surface area contributed by atoms with E-state index >= 15 is 0 Å². The normalized spacial score (nSPS) is 14.8. The van der Waals surface area contributed by atoms with E-state index in [1.54, 1.807) is 24.3 Å². The standard InChI is InChI=1S/C20H16F3NO2/c1-11(2)17-16(9-13-8-7-12(10-24-13)20(21,22)23)18(25)14-5-3-4-6-15(14)19(17)26/h3-8,10-11H,9H2,1-2H3. The van der Waals surface area contributed by atoms with Crippen molar-refractivity contribution < 1.29 is 22.8 Å². The molecule has 1 aromatic heterocycles. The number of carbonyl (C=O) groups excluding carboxylic acids is 2. The fourth-order valence-electron chi connectivity index (χ4n) is 3.11. The van der Waals surface area contributed by atoms with Crippen molar-refractivity contribution in [2.45, 2.75) is 26.4 Å². The van der Waals surface area contributed by atoms with E-state index in [2.05, 4.69) is 4.98 Å². The van der Waals surface area contributed by atoms with E-state index in [0.29, 0.717) is 28.0 Å². The monoisotopic (exact) mass is 359 g/mol. The number of hydrogen-bond donors (Lipinski definition) is 0. The first-order valence-corrected chi connectivity index (χ1v) is 8.13. The summed E-state index contributed by atoms with van der Waals surface area (Å²) < 4.78 is 38.0. The van der Waals surface area contributed by atoms with Crippen molar-refractivity contribution in [1.29, 1.82) is 0 Å². The van der Waals surface area contributed by atoms with Crippen LogP contribution in [0.15, 0.2) is 53.7 Å². The Morgan fingerprint density at radius 2 is 1.58 bits per heavy atom. The topological polar surface area (TPSA) is 47.0 Å². The molecule has 0 fully saturated rings. The van der Waals surface area contributed by atoms with Gasteiger partial charge < -0.3 is 0 Å².